The van der Waals surface area contributed by atoms with E-state index in [-0.39, 0.29) is 24.7 Å². The number of rotatable bonds is 8. The Hall–Kier alpha value is -2.48. The van der Waals surface area contributed by atoms with Gasteiger partial charge in [0, 0.05) is 35.7 Å². The van der Waals surface area contributed by atoms with Crippen LogP contribution in [0.4, 0.5) is 5.69 Å². The van der Waals surface area contributed by atoms with Crippen LogP contribution in [0.15, 0.2) is 32.2 Å². The number of aromatic nitrogens is 1. The highest BCUT2D eigenvalue weighted by molar-refractivity contribution is 9.11. The third-order valence-corrected chi connectivity index (χ3v) is 5.65. The summed E-state index contributed by atoms with van der Waals surface area (Å²) in [6, 6.07) is 7.78. The molecular weight excluding hydrogens is 518 g/mol. The monoisotopic (exact) mass is 537 g/mol. The second kappa shape index (κ2) is 11.1. The Balaban J connectivity index is 2.02. The summed E-state index contributed by atoms with van der Waals surface area (Å²) in [5.74, 6) is -0.401. The summed E-state index contributed by atoms with van der Waals surface area (Å²) in [4.78, 5) is 18.3. The van der Waals surface area contributed by atoms with Crippen molar-refractivity contribution in [3.8, 4) is 11.9 Å². The summed E-state index contributed by atoms with van der Waals surface area (Å²) in [6.07, 6.45) is 1.53. The minimum atomic E-state index is -0.477. The molecule has 1 aromatic carbocycles. The largest absolute Gasteiger partial charge is 0.467 e. The molecule has 10 heteroatoms. The highest BCUT2D eigenvalue weighted by Crippen LogP contribution is 2.30. The van der Waals surface area contributed by atoms with Gasteiger partial charge < -0.3 is 14.4 Å². The molecule has 0 saturated heterocycles. The van der Waals surface area contributed by atoms with E-state index in [1.165, 1.54) is 13.3 Å². The standard InChI is InChI=1S/C20H21Br2N5O3/c1-12-19(22)15(10-29-4)14(8-23)20(25-12)30-11-18(28)26-24-9-13-5-6-17(27(2)3)16(21)7-13/h5-7,9H,10-11H2,1-4H3,(H,26,28). The lowest BCUT2D eigenvalue weighted by Gasteiger charge is -2.14. The van der Waals surface area contributed by atoms with Crippen LogP contribution in [-0.2, 0) is 16.1 Å². The molecular formula is C20H21Br2N5O3. The Morgan fingerprint density at radius 1 is 1.40 bits per heavy atom. The van der Waals surface area contributed by atoms with Crippen molar-refractivity contribution in [3.05, 3.63) is 49.5 Å². The van der Waals surface area contributed by atoms with Crippen molar-refractivity contribution < 1.29 is 14.3 Å². The van der Waals surface area contributed by atoms with Crippen molar-refractivity contribution in [1.29, 1.82) is 5.26 Å². The maximum Gasteiger partial charge on any atom is 0.278 e. The Bertz CT molecular complexity index is 1000. The molecule has 0 aliphatic heterocycles. The maximum atomic E-state index is 12.1. The fraction of sp³-hybridized carbons (Fsp3) is 0.300. The average Bonchev–Trinajstić information content (AvgIpc) is 2.70. The fourth-order valence-corrected chi connectivity index (χ4v) is 3.68. The first-order chi connectivity index (χ1) is 14.3. The van der Waals surface area contributed by atoms with E-state index in [9.17, 15) is 10.1 Å². The first-order valence-corrected chi connectivity index (χ1v) is 10.4. The van der Waals surface area contributed by atoms with Crippen LogP contribution in [0.2, 0.25) is 0 Å². The zero-order chi connectivity index (χ0) is 22.3. The van der Waals surface area contributed by atoms with E-state index in [1.807, 2.05) is 37.2 Å². The van der Waals surface area contributed by atoms with Crippen molar-refractivity contribution in [2.24, 2.45) is 5.10 Å². The molecule has 8 nitrogen and oxygen atoms in total. The number of hydrazone groups is 1. The molecule has 0 atom stereocenters. The van der Waals surface area contributed by atoms with Crippen LogP contribution in [0, 0.1) is 18.3 Å². The zero-order valence-electron chi connectivity index (χ0n) is 17.0. The van der Waals surface area contributed by atoms with Gasteiger partial charge in [0.25, 0.3) is 5.91 Å². The summed E-state index contributed by atoms with van der Waals surface area (Å²) in [6.45, 7) is 1.64. The average molecular weight is 539 g/mol. The van der Waals surface area contributed by atoms with Crippen LogP contribution < -0.4 is 15.1 Å². The summed E-state index contributed by atoms with van der Waals surface area (Å²) < 4.78 is 12.2. The molecule has 30 heavy (non-hydrogen) atoms. The second-order valence-electron chi connectivity index (χ2n) is 6.40. The molecule has 0 aliphatic rings. The molecule has 0 bridgehead atoms. The highest BCUT2D eigenvalue weighted by Gasteiger charge is 2.18. The van der Waals surface area contributed by atoms with Gasteiger partial charge in [0.05, 0.1) is 24.2 Å². The minimum Gasteiger partial charge on any atom is -0.467 e. The Labute approximate surface area is 192 Å². The number of halogens is 2. The van der Waals surface area contributed by atoms with Gasteiger partial charge in [-0.05, 0) is 56.5 Å². The van der Waals surface area contributed by atoms with Gasteiger partial charge in [0.1, 0.15) is 11.6 Å². The molecule has 1 aromatic heterocycles. The smallest absolute Gasteiger partial charge is 0.278 e. The van der Waals surface area contributed by atoms with Crippen LogP contribution in [-0.4, -0.2) is 44.9 Å². The van der Waals surface area contributed by atoms with Gasteiger partial charge >= 0.3 is 0 Å². The van der Waals surface area contributed by atoms with Crippen LogP contribution >= 0.6 is 31.9 Å². The highest BCUT2D eigenvalue weighted by atomic mass is 79.9. The van der Waals surface area contributed by atoms with Gasteiger partial charge in [-0.2, -0.15) is 10.4 Å². The molecule has 0 aliphatic carbocycles. The lowest BCUT2D eigenvalue weighted by molar-refractivity contribution is -0.123. The number of hydrogen-bond donors (Lipinski definition) is 1. The van der Waals surface area contributed by atoms with Gasteiger partial charge in [-0.25, -0.2) is 10.4 Å². The Morgan fingerprint density at radius 3 is 2.73 bits per heavy atom. The molecule has 2 aromatic rings. The third kappa shape index (κ3) is 6.01. The van der Waals surface area contributed by atoms with E-state index >= 15 is 0 Å². The Morgan fingerprint density at radius 2 is 2.13 bits per heavy atom. The second-order valence-corrected chi connectivity index (χ2v) is 8.05. The van der Waals surface area contributed by atoms with Crippen molar-refractivity contribution >= 4 is 49.7 Å². The van der Waals surface area contributed by atoms with Gasteiger partial charge in [-0.1, -0.05) is 6.07 Å². The summed E-state index contributed by atoms with van der Waals surface area (Å²) in [5.41, 5.74) is 5.71. The number of nitrogens with zero attached hydrogens (tertiary/aromatic N) is 4. The van der Waals surface area contributed by atoms with E-state index < -0.39 is 5.91 Å². The number of benzene rings is 1. The maximum absolute atomic E-state index is 12.1. The van der Waals surface area contributed by atoms with E-state index in [0.717, 1.165) is 15.7 Å². The normalized spacial score (nSPS) is 10.7. The quantitative estimate of drug-likeness (QED) is 0.407. The summed E-state index contributed by atoms with van der Waals surface area (Å²) in [7, 11) is 5.43. The van der Waals surface area contributed by atoms with Crippen LogP contribution in [0.1, 0.15) is 22.4 Å². The van der Waals surface area contributed by atoms with Gasteiger partial charge in [0.2, 0.25) is 5.88 Å². The van der Waals surface area contributed by atoms with E-state index in [1.54, 1.807) is 6.92 Å². The molecule has 0 saturated carbocycles. The number of ether oxygens (including phenoxy) is 2. The number of methoxy groups -OCH3 is 1. The lowest BCUT2D eigenvalue weighted by atomic mass is 10.1. The predicted molar refractivity (Wildman–Crippen MR) is 122 cm³/mol. The zero-order valence-corrected chi connectivity index (χ0v) is 20.2. The van der Waals surface area contributed by atoms with Crippen molar-refractivity contribution in [2.75, 3.05) is 32.7 Å². The van der Waals surface area contributed by atoms with Crippen LogP contribution in [0.5, 0.6) is 5.88 Å². The van der Waals surface area contributed by atoms with Gasteiger partial charge in [-0.15, -0.1) is 0 Å². The molecule has 158 valence electrons. The lowest BCUT2D eigenvalue weighted by Crippen LogP contribution is -2.25. The number of nitrogens with one attached hydrogen (secondary N) is 1. The molecule has 0 spiro atoms. The Kier molecular flexibility index (Phi) is 8.77. The molecule has 0 fully saturated rings. The number of pyridine rings is 1. The van der Waals surface area contributed by atoms with Crippen LogP contribution in [0.25, 0.3) is 0 Å². The topological polar surface area (TPSA) is 99.8 Å². The molecule has 0 unspecified atom stereocenters. The van der Waals surface area contributed by atoms with E-state index in [0.29, 0.717) is 15.7 Å². The van der Waals surface area contributed by atoms with E-state index in [2.05, 4.69) is 53.4 Å². The molecule has 0 radical (unpaired) electrons. The first-order valence-electron chi connectivity index (χ1n) is 8.78. The minimum absolute atomic E-state index is 0.0765. The van der Waals surface area contributed by atoms with E-state index in [4.69, 9.17) is 9.47 Å². The molecule has 1 N–H and O–H groups in total. The van der Waals surface area contributed by atoms with Crippen molar-refractivity contribution in [1.82, 2.24) is 10.4 Å². The van der Waals surface area contributed by atoms with Crippen molar-refractivity contribution in [2.45, 2.75) is 13.5 Å². The number of aryl methyl sites for hydroxylation is 1. The van der Waals surface area contributed by atoms with Crippen LogP contribution in [0.3, 0.4) is 0 Å². The van der Waals surface area contributed by atoms with Crippen molar-refractivity contribution in [3.63, 3.8) is 0 Å². The SMILES string of the molecule is COCc1c(Br)c(C)nc(OCC(=O)NN=Cc2ccc(N(C)C)c(Br)c2)c1C#N. The first kappa shape index (κ1) is 23.8. The number of carbonyl (C=O) groups excluding carboxylic acids is 1. The predicted octanol–water partition coefficient (Wildman–Crippen LogP) is 3.53. The molecule has 1 amide bonds. The molecule has 2 rings (SSSR count). The van der Waals surface area contributed by atoms with Gasteiger partial charge in [0.15, 0.2) is 6.61 Å². The number of anilines is 1. The van der Waals surface area contributed by atoms with Gasteiger partial charge in [-0.3, -0.25) is 4.79 Å². The number of nitriles is 1. The molecule has 1 heterocycles. The summed E-state index contributed by atoms with van der Waals surface area (Å²) in [5, 5.41) is 13.4. The number of hydrogen-bond acceptors (Lipinski definition) is 7. The summed E-state index contributed by atoms with van der Waals surface area (Å²) >= 11 is 6.91. The number of carbonyl (C=O) groups is 1. The number of amides is 1. The third-order valence-electron chi connectivity index (χ3n) is 3.96. The fourth-order valence-electron chi connectivity index (χ4n) is 2.53.